The zero-order chi connectivity index (χ0) is 29.9. The van der Waals surface area contributed by atoms with Gasteiger partial charge in [-0.15, -0.1) is 0 Å². The lowest BCUT2D eigenvalue weighted by atomic mass is 10.0. The number of fused-ring (bicyclic) bond motifs is 2. The Bertz CT molecular complexity index is 1550. The molecule has 3 aromatic rings. The Labute approximate surface area is 253 Å². The number of anilines is 1. The molecule has 0 radical (unpaired) electrons. The molecule has 1 saturated carbocycles. The third kappa shape index (κ3) is 5.74. The summed E-state index contributed by atoms with van der Waals surface area (Å²) < 4.78 is 35.2. The van der Waals surface area contributed by atoms with Crippen molar-refractivity contribution in [1.29, 1.82) is 0 Å². The second-order valence-electron chi connectivity index (χ2n) is 13.2. The normalized spacial score (nSPS) is 22.2. The molecule has 5 rings (SSSR count). The maximum absolute atomic E-state index is 13.4. The standard InChI is InChI=1S/C30H41BrN4O4SSi/c1-19-8-10-24(11-9-19)40(37,38)35-13-12-25-27(26(31)16-32-28(25)35)33-23-14-21-17-34(18-22(21)15-23)29(36)20(2)39-41(6,7)30(3,4)5/h8-13,16,20-23H,14-15,17-18H2,1-7H3,(H,32,33)/t20-,21-,22+,23?/m0/s1. The van der Waals surface area contributed by atoms with E-state index >= 15 is 0 Å². The van der Waals surface area contributed by atoms with Crippen LogP contribution in [0.1, 0.15) is 46.1 Å². The summed E-state index contributed by atoms with van der Waals surface area (Å²) in [4.78, 5) is 20.0. The van der Waals surface area contributed by atoms with E-state index in [0.29, 0.717) is 17.5 Å². The van der Waals surface area contributed by atoms with Gasteiger partial charge in [0, 0.05) is 36.9 Å². The Morgan fingerprint density at radius 1 is 1.12 bits per heavy atom. The zero-order valence-corrected chi connectivity index (χ0v) is 28.3. The highest BCUT2D eigenvalue weighted by Crippen LogP contribution is 2.42. The van der Waals surface area contributed by atoms with Gasteiger partial charge in [-0.05, 0) is 90.8 Å². The average Bonchev–Trinajstić information content (AvgIpc) is 3.58. The Balaban J connectivity index is 1.27. The quantitative estimate of drug-likeness (QED) is 0.295. The molecule has 1 aromatic carbocycles. The van der Waals surface area contributed by atoms with E-state index in [0.717, 1.165) is 47.0 Å². The fourth-order valence-electron chi connectivity index (χ4n) is 5.93. The Morgan fingerprint density at radius 2 is 1.73 bits per heavy atom. The van der Waals surface area contributed by atoms with Gasteiger partial charge in [0.05, 0.1) is 15.1 Å². The molecule has 1 saturated heterocycles. The molecule has 1 amide bonds. The van der Waals surface area contributed by atoms with Crippen LogP contribution in [0.15, 0.2) is 52.1 Å². The Morgan fingerprint density at radius 3 is 2.32 bits per heavy atom. The van der Waals surface area contributed by atoms with E-state index in [1.807, 2.05) is 18.7 Å². The molecule has 3 heterocycles. The fourth-order valence-corrected chi connectivity index (χ4v) is 9.00. The van der Waals surface area contributed by atoms with Crippen LogP contribution in [0.5, 0.6) is 0 Å². The number of aromatic nitrogens is 2. The van der Waals surface area contributed by atoms with E-state index < -0.39 is 24.4 Å². The Hall–Kier alpha value is -2.21. The first-order chi connectivity index (χ1) is 19.1. The van der Waals surface area contributed by atoms with Crippen LogP contribution in [0.4, 0.5) is 5.69 Å². The number of hydrogen-bond acceptors (Lipinski definition) is 6. The van der Waals surface area contributed by atoms with Crippen molar-refractivity contribution in [3.05, 3.63) is 52.8 Å². The molecule has 222 valence electrons. The van der Waals surface area contributed by atoms with Crippen LogP contribution in [-0.2, 0) is 19.2 Å². The third-order valence-electron chi connectivity index (χ3n) is 9.25. The van der Waals surface area contributed by atoms with Crippen molar-refractivity contribution in [3.8, 4) is 0 Å². The highest BCUT2D eigenvalue weighted by Gasteiger charge is 2.45. The summed E-state index contributed by atoms with van der Waals surface area (Å²) in [5.74, 6) is 0.960. The summed E-state index contributed by atoms with van der Waals surface area (Å²) in [6, 6.07) is 8.87. The van der Waals surface area contributed by atoms with Crippen LogP contribution in [0.25, 0.3) is 11.0 Å². The first kappa shape index (κ1) is 30.3. The number of nitrogens with zero attached hydrogens (tertiary/aromatic N) is 3. The van der Waals surface area contributed by atoms with Crippen LogP contribution in [0, 0.1) is 18.8 Å². The highest BCUT2D eigenvalue weighted by atomic mass is 79.9. The minimum atomic E-state index is -3.78. The van der Waals surface area contributed by atoms with Crippen LogP contribution in [0.3, 0.4) is 0 Å². The number of rotatable bonds is 7. The van der Waals surface area contributed by atoms with Gasteiger partial charge in [-0.3, -0.25) is 4.79 Å². The van der Waals surface area contributed by atoms with E-state index in [9.17, 15) is 13.2 Å². The van der Waals surface area contributed by atoms with Gasteiger partial charge >= 0.3 is 0 Å². The maximum atomic E-state index is 13.4. The lowest BCUT2D eigenvalue weighted by Crippen LogP contribution is -2.48. The third-order valence-corrected chi connectivity index (χ3v) is 16.1. The van der Waals surface area contributed by atoms with Gasteiger partial charge in [0.25, 0.3) is 10.0 Å². The van der Waals surface area contributed by atoms with Crippen LogP contribution in [0.2, 0.25) is 18.1 Å². The summed E-state index contributed by atoms with van der Waals surface area (Å²) in [7, 11) is -5.81. The number of likely N-dealkylation sites (tertiary alicyclic amines) is 1. The number of nitrogens with one attached hydrogen (secondary N) is 1. The Kier molecular flexibility index (Phi) is 7.97. The van der Waals surface area contributed by atoms with E-state index in [-0.39, 0.29) is 21.9 Å². The molecule has 2 aliphatic rings. The molecule has 0 bridgehead atoms. The van der Waals surface area contributed by atoms with Crippen molar-refractivity contribution < 1.29 is 17.6 Å². The number of pyridine rings is 1. The van der Waals surface area contributed by atoms with Gasteiger partial charge in [-0.1, -0.05) is 38.5 Å². The molecule has 2 aromatic heterocycles. The highest BCUT2D eigenvalue weighted by molar-refractivity contribution is 9.10. The number of carbonyl (C=O) groups is 1. The zero-order valence-electron chi connectivity index (χ0n) is 24.9. The fraction of sp³-hybridized carbons (Fsp3) is 0.533. The average molecular weight is 662 g/mol. The molecular formula is C30H41BrN4O4SSi. The molecule has 41 heavy (non-hydrogen) atoms. The van der Waals surface area contributed by atoms with Crippen molar-refractivity contribution in [2.45, 2.75) is 82.6 Å². The van der Waals surface area contributed by atoms with Crippen LogP contribution in [-0.4, -0.2) is 61.7 Å². The molecule has 4 atom stereocenters. The van der Waals surface area contributed by atoms with Crippen molar-refractivity contribution in [3.63, 3.8) is 0 Å². The number of amides is 1. The van der Waals surface area contributed by atoms with Gasteiger partial charge < -0.3 is 14.6 Å². The summed E-state index contributed by atoms with van der Waals surface area (Å²) in [6.07, 6.45) is 4.70. The molecule has 11 heteroatoms. The lowest BCUT2D eigenvalue weighted by Gasteiger charge is -2.38. The second-order valence-corrected chi connectivity index (χ2v) is 20.7. The second kappa shape index (κ2) is 10.8. The van der Waals surface area contributed by atoms with Crippen molar-refractivity contribution in [1.82, 2.24) is 13.9 Å². The summed E-state index contributed by atoms with van der Waals surface area (Å²) >= 11 is 3.63. The molecule has 2 fully saturated rings. The maximum Gasteiger partial charge on any atom is 0.269 e. The molecular weight excluding hydrogens is 620 g/mol. The molecule has 1 aliphatic heterocycles. The number of aryl methyl sites for hydroxylation is 1. The predicted molar refractivity (Wildman–Crippen MR) is 169 cm³/mol. The van der Waals surface area contributed by atoms with Crippen LogP contribution < -0.4 is 5.32 Å². The topological polar surface area (TPSA) is 93.5 Å². The monoisotopic (exact) mass is 660 g/mol. The minimum Gasteiger partial charge on any atom is -0.405 e. The number of halogens is 1. The number of benzene rings is 1. The SMILES string of the molecule is Cc1ccc(S(=O)(=O)n2ccc3c(NC4C[C@@H]5CN(C(=O)[C@H](C)O[Si](C)(C)C(C)(C)C)C[C@@H]5C4)c(Br)cnc32)cc1. The van der Waals surface area contributed by atoms with Crippen molar-refractivity contribution in [2.24, 2.45) is 11.8 Å². The first-order valence-corrected chi connectivity index (χ1v) is 19.4. The van der Waals surface area contributed by atoms with Crippen molar-refractivity contribution in [2.75, 3.05) is 18.4 Å². The molecule has 1 N–H and O–H groups in total. The summed E-state index contributed by atoms with van der Waals surface area (Å²) in [5, 5.41) is 4.50. The van der Waals surface area contributed by atoms with E-state index in [4.69, 9.17) is 4.43 Å². The van der Waals surface area contributed by atoms with Gasteiger partial charge in [0.2, 0.25) is 5.91 Å². The largest absolute Gasteiger partial charge is 0.405 e. The minimum absolute atomic E-state index is 0.0560. The molecule has 0 spiro atoms. The van der Waals surface area contributed by atoms with Crippen molar-refractivity contribution >= 4 is 56.9 Å². The van der Waals surface area contributed by atoms with E-state index in [1.54, 1.807) is 42.7 Å². The lowest BCUT2D eigenvalue weighted by molar-refractivity contribution is -0.137. The summed E-state index contributed by atoms with van der Waals surface area (Å²) in [6.45, 7) is 16.3. The number of hydrogen-bond donors (Lipinski definition) is 1. The first-order valence-electron chi connectivity index (χ1n) is 14.3. The van der Waals surface area contributed by atoms with Gasteiger partial charge in [0.1, 0.15) is 6.10 Å². The number of carbonyl (C=O) groups excluding carboxylic acids is 1. The van der Waals surface area contributed by atoms with Gasteiger partial charge in [0.15, 0.2) is 14.0 Å². The molecule has 8 nitrogen and oxygen atoms in total. The smallest absolute Gasteiger partial charge is 0.269 e. The van der Waals surface area contributed by atoms with Crippen LogP contribution >= 0.6 is 15.9 Å². The van der Waals surface area contributed by atoms with Gasteiger partial charge in [-0.25, -0.2) is 17.4 Å². The van der Waals surface area contributed by atoms with E-state index in [1.165, 1.54) is 3.97 Å². The summed E-state index contributed by atoms with van der Waals surface area (Å²) in [5.41, 5.74) is 2.24. The van der Waals surface area contributed by atoms with Gasteiger partial charge in [-0.2, -0.15) is 0 Å². The molecule has 1 unspecified atom stereocenters. The van der Waals surface area contributed by atoms with E-state index in [2.05, 4.69) is 60.1 Å². The predicted octanol–water partition coefficient (Wildman–Crippen LogP) is 6.40. The molecule has 1 aliphatic carbocycles.